The van der Waals surface area contributed by atoms with Crippen LogP contribution in [0.15, 0.2) is 21.6 Å². The molecule has 31 heavy (non-hydrogen) atoms. The Morgan fingerprint density at radius 3 is 2.55 bits per heavy atom. The average molecular weight is 446 g/mol. The van der Waals surface area contributed by atoms with Crippen LogP contribution in [0.5, 0.6) is 0 Å². The lowest BCUT2D eigenvalue weighted by Crippen LogP contribution is -2.45. The van der Waals surface area contributed by atoms with Gasteiger partial charge in [0, 0.05) is 19.6 Å². The zero-order chi connectivity index (χ0) is 22.8. The number of hydrogen-bond donors (Lipinski definition) is 1. The lowest BCUT2D eigenvalue weighted by Gasteiger charge is -2.31. The second-order valence-corrected chi connectivity index (χ2v) is 10.1. The number of nitrogens with one attached hydrogen (secondary N) is 1. The molecule has 1 aliphatic rings. The maximum absolute atomic E-state index is 13.5. The summed E-state index contributed by atoms with van der Waals surface area (Å²) in [5.74, 6) is -0.243. The number of carbonyl (C=O) groups is 1. The Balaban J connectivity index is 1.92. The minimum Gasteiger partial charge on any atom is -0.356 e. The summed E-state index contributed by atoms with van der Waals surface area (Å²) in [5.41, 5.74) is 4.73. The van der Waals surface area contributed by atoms with E-state index < -0.39 is 10.0 Å². The molecule has 1 saturated heterocycles. The van der Waals surface area contributed by atoms with Crippen LogP contribution in [0.4, 0.5) is 0 Å². The van der Waals surface area contributed by atoms with E-state index in [1.165, 1.54) is 9.87 Å². The molecule has 1 aromatic carbocycles. The second kappa shape index (κ2) is 9.36. The van der Waals surface area contributed by atoms with Crippen LogP contribution >= 0.6 is 0 Å². The molecular formula is C23H31N3O4S. The summed E-state index contributed by atoms with van der Waals surface area (Å²) in [6.45, 7) is 10.6. The normalized spacial score (nSPS) is 17.9. The molecule has 1 aromatic heterocycles. The first-order chi connectivity index (χ1) is 14.6. The summed E-state index contributed by atoms with van der Waals surface area (Å²) in [5, 5.41) is 6.72. The first-order valence-corrected chi connectivity index (χ1v) is 12.1. The van der Waals surface area contributed by atoms with Crippen molar-refractivity contribution in [2.24, 2.45) is 5.92 Å². The van der Waals surface area contributed by atoms with Crippen molar-refractivity contribution in [1.82, 2.24) is 14.8 Å². The van der Waals surface area contributed by atoms with Crippen LogP contribution in [-0.4, -0.2) is 43.4 Å². The van der Waals surface area contributed by atoms with Crippen molar-refractivity contribution in [3.05, 3.63) is 45.8 Å². The molecule has 1 aliphatic heterocycles. The molecule has 2 aromatic rings. The molecular weight excluding hydrogens is 414 g/mol. The van der Waals surface area contributed by atoms with Crippen molar-refractivity contribution in [2.45, 2.75) is 52.4 Å². The van der Waals surface area contributed by atoms with Crippen molar-refractivity contribution in [3.8, 4) is 0 Å². The molecule has 0 aliphatic carbocycles. The molecule has 1 N–H and O–H groups in total. The minimum absolute atomic E-state index is 0.0720. The van der Waals surface area contributed by atoms with E-state index in [0.717, 1.165) is 16.7 Å². The van der Waals surface area contributed by atoms with Crippen molar-refractivity contribution in [1.29, 1.82) is 0 Å². The van der Waals surface area contributed by atoms with E-state index in [2.05, 4.69) is 22.6 Å². The predicted octanol–water partition coefficient (Wildman–Crippen LogP) is 3.62. The van der Waals surface area contributed by atoms with Crippen LogP contribution < -0.4 is 5.32 Å². The van der Waals surface area contributed by atoms with E-state index in [1.54, 1.807) is 13.0 Å². The number of sulfonamides is 1. The van der Waals surface area contributed by atoms with Gasteiger partial charge in [0.25, 0.3) is 0 Å². The number of aryl methyl sites for hydroxylation is 4. The van der Waals surface area contributed by atoms with Gasteiger partial charge < -0.3 is 9.84 Å². The minimum atomic E-state index is -3.85. The number of amides is 1. The Hall–Kier alpha value is -2.45. The maximum Gasteiger partial charge on any atom is 0.248 e. The van der Waals surface area contributed by atoms with Gasteiger partial charge in [-0.2, -0.15) is 4.31 Å². The largest absolute Gasteiger partial charge is 0.356 e. The van der Waals surface area contributed by atoms with Gasteiger partial charge in [-0.3, -0.25) is 4.79 Å². The van der Waals surface area contributed by atoms with Gasteiger partial charge in [-0.05, 0) is 70.2 Å². The van der Waals surface area contributed by atoms with Crippen LogP contribution in [0.25, 0.3) is 12.2 Å². The first-order valence-electron chi connectivity index (χ1n) is 10.6. The Bertz CT molecular complexity index is 1080. The highest BCUT2D eigenvalue weighted by molar-refractivity contribution is 7.89. The van der Waals surface area contributed by atoms with Gasteiger partial charge in [-0.15, -0.1) is 0 Å². The molecule has 7 nitrogen and oxygen atoms in total. The predicted molar refractivity (Wildman–Crippen MR) is 121 cm³/mol. The van der Waals surface area contributed by atoms with Gasteiger partial charge in [-0.25, -0.2) is 8.42 Å². The number of hydrogen-bond acceptors (Lipinski definition) is 5. The number of rotatable bonds is 6. The monoisotopic (exact) mass is 445 g/mol. The number of aromatic nitrogens is 1. The van der Waals surface area contributed by atoms with Gasteiger partial charge >= 0.3 is 0 Å². The third-order valence-corrected chi connectivity index (χ3v) is 7.70. The zero-order valence-electron chi connectivity index (χ0n) is 18.9. The van der Waals surface area contributed by atoms with E-state index in [0.29, 0.717) is 31.6 Å². The Morgan fingerprint density at radius 2 is 1.90 bits per heavy atom. The SMILES string of the molecule is CCNC(=O)[C@H]1CCCN(S(=O)(=O)c2c(C)noc2/C=C/c2c(C)cc(C)cc2C)C1. The number of piperidine rings is 1. The van der Waals surface area contributed by atoms with Crippen molar-refractivity contribution >= 4 is 28.1 Å². The van der Waals surface area contributed by atoms with Crippen LogP contribution in [-0.2, 0) is 14.8 Å². The molecule has 1 fully saturated rings. The van der Waals surface area contributed by atoms with Gasteiger partial charge in [0.15, 0.2) is 10.7 Å². The smallest absolute Gasteiger partial charge is 0.248 e. The van der Waals surface area contributed by atoms with Crippen LogP contribution in [0.3, 0.4) is 0 Å². The Labute approximate surface area is 184 Å². The van der Waals surface area contributed by atoms with Crippen LogP contribution in [0.1, 0.15) is 53.5 Å². The van der Waals surface area contributed by atoms with E-state index in [9.17, 15) is 13.2 Å². The fourth-order valence-electron chi connectivity index (χ4n) is 4.23. The average Bonchev–Trinajstić information content (AvgIpc) is 3.08. The lowest BCUT2D eigenvalue weighted by molar-refractivity contribution is -0.125. The molecule has 2 heterocycles. The molecule has 0 spiro atoms. The summed E-state index contributed by atoms with van der Waals surface area (Å²) < 4.78 is 33.7. The summed E-state index contributed by atoms with van der Waals surface area (Å²) in [6.07, 6.45) is 4.86. The van der Waals surface area contributed by atoms with E-state index in [-0.39, 0.29) is 29.0 Å². The second-order valence-electron chi connectivity index (χ2n) is 8.20. The van der Waals surface area contributed by atoms with Crippen LogP contribution in [0, 0.1) is 33.6 Å². The van der Waals surface area contributed by atoms with Crippen molar-refractivity contribution < 1.29 is 17.7 Å². The molecule has 0 bridgehead atoms. The van der Waals surface area contributed by atoms with Gasteiger partial charge in [0.1, 0.15) is 5.69 Å². The topological polar surface area (TPSA) is 92.5 Å². The molecule has 1 atom stereocenters. The molecule has 168 valence electrons. The standard InChI is InChI=1S/C23H31N3O4S/c1-6-24-23(27)19-8-7-11-26(14-19)31(28,29)22-18(5)25-30-21(22)10-9-20-16(3)12-15(2)13-17(20)4/h9-10,12-13,19H,6-8,11,14H2,1-5H3,(H,24,27)/b10-9+/t19-/m0/s1. The van der Waals surface area contributed by atoms with Gasteiger partial charge in [0.2, 0.25) is 15.9 Å². The van der Waals surface area contributed by atoms with Crippen molar-refractivity contribution in [2.75, 3.05) is 19.6 Å². The fraction of sp³-hybridized carbons (Fsp3) is 0.478. The summed E-state index contributed by atoms with van der Waals surface area (Å²) in [4.78, 5) is 12.3. The molecule has 3 rings (SSSR count). The summed E-state index contributed by atoms with van der Waals surface area (Å²) in [6, 6.07) is 4.18. The highest BCUT2D eigenvalue weighted by atomic mass is 32.2. The molecule has 1 amide bonds. The van der Waals surface area contributed by atoms with Crippen LogP contribution in [0.2, 0.25) is 0 Å². The quantitative estimate of drug-likeness (QED) is 0.733. The number of nitrogens with zero attached hydrogens (tertiary/aromatic N) is 2. The third kappa shape index (κ3) is 4.91. The highest BCUT2D eigenvalue weighted by Gasteiger charge is 2.36. The van der Waals surface area contributed by atoms with Gasteiger partial charge in [-0.1, -0.05) is 28.9 Å². The number of benzene rings is 1. The number of carbonyl (C=O) groups excluding carboxylic acids is 1. The van der Waals surface area contributed by atoms with E-state index in [1.807, 2.05) is 33.8 Å². The molecule has 0 saturated carbocycles. The fourth-order valence-corrected chi connectivity index (χ4v) is 6.01. The zero-order valence-corrected chi connectivity index (χ0v) is 19.7. The lowest BCUT2D eigenvalue weighted by atomic mass is 9.99. The highest BCUT2D eigenvalue weighted by Crippen LogP contribution is 2.30. The first kappa shape index (κ1) is 23.2. The maximum atomic E-state index is 13.5. The summed E-state index contributed by atoms with van der Waals surface area (Å²) in [7, 11) is -3.85. The van der Waals surface area contributed by atoms with E-state index in [4.69, 9.17) is 4.52 Å². The van der Waals surface area contributed by atoms with Crippen molar-refractivity contribution in [3.63, 3.8) is 0 Å². The molecule has 0 radical (unpaired) electrons. The molecule has 0 unspecified atom stereocenters. The Morgan fingerprint density at radius 1 is 1.23 bits per heavy atom. The molecule has 8 heteroatoms. The summed E-state index contributed by atoms with van der Waals surface area (Å²) >= 11 is 0. The Kier molecular flexibility index (Phi) is 7.01. The van der Waals surface area contributed by atoms with Gasteiger partial charge in [0.05, 0.1) is 5.92 Å². The van der Waals surface area contributed by atoms with E-state index >= 15 is 0 Å². The third-order valence-electron chi connectivity index (χ3n) is 5.68.